The molecule has 5 heteroatoms. The van der Waals surface area contributed by atoms with E-state index in [1.807, 2.05) is 0 Å². The summed E-state index contributed by atoms with van der Waals surface area (Å²) in [7, 11) is -1.80. The van der Waals surface area contributed by atoms with Crippen molar-refractivity contribution in [3.8, 4) is 5.75 Å². The predicted octanol–water partition coefficient (Wildman–Crippen LogP) is 2.59. The van der Waals surface area contributed by atoms with Crippen LogP contribution in [0, 0.1) is 5.92 Å². The molecule has 1 aliphatic rings. The van der Waals surface area contributed by atoms with Gasteiger partial charge in [-0.25, -0.2) is 12.7 Å². The topological polar surface area (TPSA) is 57.6 Å². The molecular formula is C14H21NO3S. The second-order valence-electron chi connectivity index (χ2n) is 5.28. The van der Waals surface area contributed by atoms with Crippen LogP contribution in [0.25, 0.3) is 0 Å². The van der Waals surface area contributed by atoms with Crippen LogP contribution >= 0.6 is 0 Å². The van der Waals surface area contributed by atoms with E-state index < -0.39 is 10.0 Å². The number of rotatable bonds is 4. The van der Waals surface area contributed by atoms with E-state index in [-0.39, 0.29) is 10.6 Å². The van der Waals surface area contributed by atoms with Crippen LogP contribution in [0.5, 0.6) is 5.75 Å². The van der Waals surface area contributed by atoms with E-state index in [1.54, 1.807) is 7.05 Å². The zero-order valence-electron chi connectivity index (χ0n) is 11.2. The normalized spacial score (nSPS) is 17.8. The molecule has 1 aliphatic carbocycles. The number of hydrogen-bond donors (Lipinski definition) is 1. The zero-order chi connectivity index (χ0) is 13.9. The number of benzene rings is 1. The van der Waals surface area contributed by atoms with Gasteiger partial charge in [0.05, 0.1) is 4.90 Å². The molecule has 1 aromatic carbocycles. The molecule has 0 heterocycles. The van der Waals surface area contributed by atoms with Gasteiger partial charge < -0.3 is 5.11 Å². The Balaban J connectivity index is 2.07. The molecule has 0 radical (unpaired) electrons. The summed E-state index contributed by atoms with van der Waals surface area (Å²) >= 11 is 0. The van der Waals surface area contributed by atoms with Crippen molar-refractivity contribution in [1.82, 2.24) is 4.31 Å². The van der Waals surface area contributed by atoms with Crippen molar-refractivity contribution < 1.29 is 13.5 Å². The second-order valence-corrected chi connectivity index (χ2v) is 7.33. The highest BCUT2D eigenvalue weighted by molar-refractivity contribution is 7.89. The maximum Gasteiger partial charge on any atom is 0.242 e. The first kappa shape index (κ1) is 14.3. The van der Waals surface area contributed by atoms with Gasteiger partial charge in [0.2, 0.25) is 10.0 Å². The van der Waals surface area contributed by atoms with Crippen molar-refractivity contribution in [1.29, 1.82) is 0 Å². The maximum atomic E-state index is 12.4. The number of hydrogen-bond acceptors (Lipinski definition) is 3. The van der Waals surface area contributed by atoms with Crippen LogP contribution in [0.4, 0.5) is 0 Å². The van der Waals surface area contributed by atoms with Gasteiger partial charge in [-0.3, -0.25) is 0 Å². The van der Waals surface area contributed by atoms with Crippen molar-refractivity contribution >= 4 is 10.0 Å². The highest BCUT2D eigenvalue weighted by Gasteiger charge is 2.24. The average Bonchev–Trinajstić information content (AvgIpc) is 2.40. The molecule has 1 N–H and O–H groups in total. The molecule has 0 spiro atoms. The molecule has 2 rings (SSSR count). The summed E-state index contributed by atoms with van der Waals surface area (Å²) in [5.41, 5.74) is 0. The Hall–Kier alpha value is -1.07. The monoisotopic (exact) mass is 283 g/mol. The van der Waals surface area contributed by atoms with Crippen molar-refractivity contribution in [2.45, 2.75) is 37.0 Å². The lowest BCUT2D eigenvalue weighted by atomic mass is 9.89. The predicted molar refractivity (Wildman–Crippen MR) is 74.5 cm³/mol. The van der Waals surface area contributed by atoms with E-state index in [0.29, 0.717) is 12.5 Å². The van der Waals surface area contributed by atoms with Crippen LogP contribution in [0.1, 0.15) is 32.1 Å². The Kier molecular flexibility index (Phi) is 4.47. The smallest absolute Gasteiger partial charge is 0.242 e. The fourth-order valence-electron chi connectivity index (χ4n) is 2.63. The van der Waals surface area contributed by atoms with Gasteiger partial charge >= 0.3 is 0 Å². The first-order valence-electron chi connectivity index (χ1n) is 6.75. The summed E-state index contributed by atoms with van der Waals surface area (Å²) in [6.45, 7) is 0.587. The van der Waals surface area contributed by atoms with Crippen molar-refractivity contribution in [3.05, 3.63) is 24.3 Å². The molecule has 0 amide bonds. The fraction of sp³-hybridized carbons (Fsp3) is 0.571. The lowest BCUT2D eigenvalue weighted by Gasteiger charge is -2.26. The molecule has 4 nitrogen and oxygen atoms in total. The Morgan fingerprint density at radius 3 is 2.32 bits per heavy atom. The van der Waals surface area contributed by atoms with Crippen LogP contribution in [0.3, 0.4) is 0 Å². The molecule has 1 fully saturated rings. The number of phenolic OH excluding ortho intramolecular Hbond substituents is 1. The van der Waals surface area contributed by atoms with Crippen molar-refractivity contribution in [2.24, 2.45) is 5.92 Å². The quantitative estimate of drug-likeness (QED) is 0.924. The molecule has 1 aromatic rings. The summed E-state index contributed by atoms with van der Waals surface area (Å²) in [5.74, 6) is 0.555. The minimum atomic E-state index is -3.43. The Bertz CT molecular complexity index is 504. The molecule has 0 unspecified atom stereocenters. The minimum absolute atomic E-state index is 0.0777. The molecule has 1 saturated carbocycles. The van der Waals surface area contributed by atoms with Crippen LogP contribution < -0.4 is 0 Å². The summed E-state index contributed by atoms with van der Waals surface area (Å²) in [5, 5.41) is 9.21. The Labute approximate surface area is 115 Å². The third-order valence-electron chi connectivity index (χ3n) is 3.78. The van der Waals surface area contributed by atoms with E-state index in [1.165, 1.54) is 47.8 Å². The Morgan fingerprint density at radius 2 is 1.74 bits per heavy atom. The number of sulfonamides is 1. The third kappa shape index (κ3) is 3.48. The lowest BCUT2D eigenvalue weighted by molar-refractivity contribution is 0.300. The SMILES string of the molecule is CN(CC1CCCCC1)S(=O)(=O)c1ccc(O)cc1. The van der Waals surface area contributed by atoms with Gasteiger partial charge in [0, 0.05) is 13.6 Å². The van der Waals surface area contributed by atoms with Gasteiger partial charge in [-0.2, -0.15) is 0 Å². The van der Waals surface area contributed by atoms with Crippen molar-refractivity contribution in [2.75, 3.05) is 13.6 Å². The van der Waals surface area contributed by atoms with Gasteiger partial charge in [-0.15, -0.1) is 0 Å². The van der Waals surface area contributed by atoms with Gasteiger partial charge in [0.1, 0.15) is 5.75 Å². The maximum absolute atomic E-state index is 12.4. The Morgan fingerprint density at radius 1 is 1.16 bits per heavy atom. The molecule has 0 bridgehead atoms. The molecule has 106 valence electrons. The highest BCUT2D eigenvalue weighted by atomic mass is 32.2. The third-order valence-corrected chi connectivity index (χ3v) is 5.62. The van der Waals surface area contributed by atoms with Gasteiger partial charge in [0.25, 0.3) is 0 Å². The van der Waals surface area contributed by atoms with E-state index in [4.69, 9.17) is 0 Å². The van der Waals surface area contributed by atoms with Crippen molar-refractivity contribution in [3.63, 3.8) is 0 Å². The molecule has 0 saturated heterocycles. The summed E-state index contributed by atoms with van der Waals surface area (Å²) < 4.78 is 26.2. The highest BCUT2D eigenvalue weighted by Crippen LogP contribution is 2.26. The minimum Gasteiger partial charge on any atom is -0.508 e. The lowest BCUT2D eigenvalue weighted by Crippen LogP contribution is -2.32. The average molecular weight is 283 g/mol. The molecular weight excluding hydrogens is 262 g/mol. The van der Waals surface area contributed by atoms with E-state index >= 15 is 0 Å². The first-order chi connectivity index (χ1) is 9.00. The standard InChI is InChI=1S/C14H21NO3S/c1-15(11-12-5-3-2-4-6-12)19(17,18)14-9-7-13(16)8-10-14/h7-10,12,16H,2-6,11H2,1H3. The summed E-state index contributed by atoms with van der Waals surface area (Å²) in [6.07, 6.45) is 5.92. The van der Waals surface area contributed by atoms with Gasteiger partial charge in [-0.05, 0) is 43.0 Å². The molecule has 0 aliphatic heterocycles. The van der Waals surface area contributed by atoms with E-state index in [2.05, 4.69) is 0 Å². The zero-order valence-corrected chi connectivity index (χ0v) is 12.1. The van der Waals surface area contributed by atoms with Crippen LogP contribution in [-0.2, 0) is 10.0 Å². The molecule has 19 heavy (non-hydrogen) atoms. The van der Waals surface area contributed by atoms with E-state index in [9.17, 15) is 13.5 Å². The van der Waals surface area contributed by atoms with Crippen LogP contribution in [0.2, 0.25) is 0 Å². The largest absolute Gasteiger partial charge is 0.508 e. The molecule has 0 aromatic heterocycles. The molecule has 0 atom stereocenters. The van der Waals surface area contributed by atoms with Crippen LogP contribution in [-0.4, -0.2) is 31.4 Å². The summed E-state index contributed by atoms with van der Waals surface area (Å²) in [4.78, 5) is 0.239. The number of aromatic hydroxyl groups is 1. The van der Waals surface area contributed by atoms with Gasteiger partial charge in [0.15, 0.2) is 0 Å². The second kappa shape index (κ2) is 5.92. The van der Waals surface area contributed by atoms with Crippen LogP contribution in [0.15, 0.2) is 29.2 Å². The summed E-state index contributed by atoms with van der Waals surface area (Å²) in [6, 6.07) is 5.70. The fourth-order valence-corrected chi connectivity index (χ4v) is 3.88. The first-order valence-corrected chi connectivity index (χ1v) is 8.19. The van der Waals surface area contributed by atoms with E-state index in [0.717, 1.165) is 12.8 Å². The van der Waals surface area contributed by atoms with Gasteiger partial charge in [-0.1, -0.05) is 19.3 Å². The number of phenols is 1. The number of nitrogens with zero attached hydrogens (tertiary/aromatic N) is 1.